The van der Waals surface area contributed by atoms with Crippen molar-refractivity contribution in [1.82, 2.24) is 0 Å². The third kappa shape index (κ3) is 5.18. The Bertz CT molecular complexity index is 244. The van der Waals surface area contributed by atoms with Crippen molar-refractivity contribution in [3.8, 4) is 0 Å². The molecule has 4 nitrogen and oxygen atoms in total. The lowest BCUT2D eigenvalue weighted by atomic mass is 10.4. The van der Waals surface area contributed by atoms with Gasteiger partial charge in [-0.15, -0.1) is 0 Å². The van der Waals surface area contributed by atoms with Gasteiger partial charge in [-0.1, -0.05) is 13.0 Å². The summed E-state index contributed by atoms with van der Waals surface area (Å²) in [6.45, 7) is 1.70. The zero-order chi connectivity index (χ0) is 11.2. The molecule has 0 atom stereocenters. The molecule has 0 bridgehead atoms. The average Bonchev–Trinajstić information content (AvgIpc) is 2.09. The van der Waals surface area contributed by atoms with Crippen molar-refractivity contribution in [2.24, 2.45) is 0 Å². The quantitative estimate of drug-likeness (QED) is 0.395. The molecule has 0 rings (SSSR count). The molecule has 0 aliphatic carbocycles. The normalized spacial score (nSPS) is 11.4. The van der Waals surface area contributed by atoms with E-state index in [0.717, 1.165) is 6.08 Å². The maximum absolute atomic E-state index is 11.5. The second kappa shape index (κ2) is 5.25. The van der Waals surface area contributed by atoms with Crippen LogP contribution in [0.3, 0.4) is 0 Å². The van der Waals surface area contributed by atoms with E-state index in [-0.39, 0.29) is 0 Å². The molecule has 0 heterocycles. The summed E-state index contributed by atoms with van der Waals surface area (Å²) in [7, 11) is 0. The van der Waals surface area contributed by atoms with Gasteiger partial charge in [-0.3, -0.25) is 0 Å². The highest BCUT2D eigenvalue weighted by Crippen LogP contribution is 2.16. The third-order valence-electron chi connectivity index (χ3n) is 0.921. The molecule has 0 amide bonds. The van der Waals surface area contributed by atoms with E-state index in [1.807, 2.05) is 0 Å². The zero-order valence-electron chi connectivity index (χ0n) is 7.13. The van der Waals surface area contributed by atoms with Gasteiger partial charge in [0, 0.05) is 6.08 Å². The highest BCUT2D eigenvalue weighted by molar-refractivity contribution is 5.83. The van der Waals surface area contributed by atoms with E-state index in [4.69, 9.17) is 0 Å². The van der Waals surface area contributed by atoms with E-state index in [1.54, 1.807) is 6.92 Å². The molecular formula is C7H7F3O4. The van der Waals surface area contributed by atoms with Gasteiger partial charge < -0.3 is 0 Å². The second-order valence-corrected chi connectivity index (χ2v) is 2.08. The molecule has 0 aliphatic rings. The molecule has 0 spiro atoms. The highest BCUT2D eigenvalue weighted by atomic mass is 19.4. The van der Waals surface area contributed by atoms with E-state index in [0.29, 0.717) is 6.42 Å². The number of carbonyl (C=O) groups is 2. The van der Waals surface area contributed by atoms with Gasteiger partial charge in [0.1, 0.15) is 0 Å². The predicted molar refractivity (Wildman–Crippen MR) is 37.7 cm³/mol. The fourth-order valence-electron chi connectivity index (χ4n) is 0.368. The molecule has 0 aromatic carbocycles. The first kappa shape index (κ1) is 12.5. The number of alkyl halides is 3. The monoisotopic (exact) mass is 212 g/mol. The Balaban J connectivity index is 3.90. The lowest BCUT2D eigenvalue weighted by Crippen LogP contribution is -2.26. The van der Waals surface area contributed by atoms with Crippen LogP contribution in [0, 0.1) is 0 Å². The van der Waals surface area contributed by atoms with Gasteiger partial charge in [0.15, 0.2) is 0 Å². The second-order valence-electron chi connectivity index (χ2n) is 2.08. The first-order valence-electron chi connectivity index (χ1n) is 3.54. The summed E-state index contributed by atoms with van der Waals surface area (Å²) in [5.41, 5.74) is 0. The fourth-order valence-corrected chi connectivity index (χ4v) is 0.368. The van der Waals surface area contributed by atoms with Crippen molar-refractivity contribution in [2.45, 2.75) is 19.5 Å². The van der Waals surface area contributed by atoms with Crippen molar-refractivity contribution < 1.29 is 32.5 Å². The van der Waals surface area contributed by atoms with Crippen molar-refractivity contribution in [2.75, 3.05) is 0 Å². The van der Waals surface area contributed by atoms with Crippen LogP contribution in [0.4, 0.5) is 13.2 Å². The molecule has 0 unspecified atom stereocenters. The lowest BCUT2D eigenvalue weighted by Gasteiger charge is -2.02. The Morgan fingerprint density at radius 1 is 1.29 bits per heavy atom. The van der Waals surface area contributed by atoms with E-state index in [1.165, 1.54) is 6.08 Å². The number of carbonyl (C=O) groups excluding carboxylic acids is 2. The number of halogens is 3. The Morgan fingerprint density at radius 3 is 2.29 bits per heavy atom. The van der Waals surface area contributed by atoms with Crippen LogP contribution in [-0.4, -0.2) is 18.1 Å². The van der Waals surface area contributed by atoms with Crippen LogP contribution in [0.5, 0.6) is 0 Å². The van der Waals surface area contributed by atoms with E-state index in [2.05, 4.69) is 9.78 Å². The summed E-state index contributed by atoms with van der Waals surface area (Å²) in [4.78, 5) is 27.2. The van der Waals surface area contributed by atoms with Crippen LogP contribution < -0.4 is 0 Å². The third-order valence-corrected chi connectivity index (χ3v) is 0.921. The molecule has 0 saturated heterocycles. The molecule has 7 heteroatoms. The van der Waals surface area contributed by atoms with Crippen LogP contribution in [0.15, 0.2) is 12.2 Å². The Morgan fingerprint density at radius 2 is 1.86 bits per heavy atom. The molecule has 80 valence electrons. The van der Waals surface area contributed by atoms with Gasteiger partial charge in [0.05, 0.1) is 0 Å². The summed E-state index contributed by atoms with van der Waals surface area (Å²) < 4.78 is 34.4. The summed E-state index contributed by atoms with van der Waals surface area (Å²) in [5, 5.41) is 0. The molecule has 0 saturated carbocycles. The lowest BCUT2D eigenvalue weighted by molar-refractivity contribution is -0.282. The van der Waals surface area contributed by atoms with Crippen LogP contribution >= 0.6 is 0 Å². The number of hydrogen-bond acceptors (Lipinski definition) is 4. The van der Waals surface area contributed by atoms with Gasteiger partial charge >= 0.3 is 18.1 Å². The zero-order valence-corrected chi connectivity index (χ0v) is 7.13. The van der Waals surface area contributed by atoms with Crippen LogP contribution in [-0.2, 0) is 19.4 Å². The largest absolute Gasteiger partial charge is 0.495 e. The summed E-state index contributed by atoms with van der Waals surface area (Å²) in [6.07, 6.45) is -2.48. The molecule has 0 aliphatic heterocycles. The Kier molecular flexibility index (Phi) is 4.68. The van der Waals surface area contributed by atoms with Crippen LogP contribution in [0.2, 0.25) is 0 Å². The van der Waals surface area contributed by atoms with E-state index in [9.17, 15) is 22.8 Å². The molecule has 14 heavy (non-hydrogen) atoms. The summed E-state index contributed by atoms with van der Waals surface area (Å²) in [6, 6.07) is 0. The molecule has 0 aromatic rings. The van der Waals surface area contributed by atoms with Crippen LogP contribution in [0.1, 0.15) is 13.3 Å². The fraction of sp³-hybridized carbons (Fsp3) is 0.429. The van der Waals surface area contributed by atoms with E-state index < -0.39 is 18.1 Å². The van der Waals surface area contributed by atoms with Gasteiger partial charge in [-0.25, -0.2) is 19.4 Å². The molecule has 0 N–H and O–H groups in total. The molecule has 0 fully saturated rings. The van der Waals surface area contributed by atoms with Crippen molar-refractivity contribution >= 4 is 11.9 Å². The Hall–Kier alpha value is -1.53. The molecule has 0 radical (unpaired) electrons. The van der Waals surface area contributed by atoms with Crippen LogP contribution in [0.25, 0.3) is 0 Å². The molecular weight excluding hydrogens is 205 g/mol. The minimum Gasteiger partial charge on any atom is -0.242 e. The number of hydrogen-bond donors (Lipinski definition) is 0. The summed E-state index contributed by atoms with van der Waals surface area (Å²) in [5.74, 6) is -3.75. The minimum atomic E-state index is -5.17. The van der Waals surface area contributed by atoms with E-state index >= 15 is 0 Å². The SMILES string of the molecule is CC/C=C/C(=O)OOC(=O)C(F)(F)F. The van der Waals surface area contributed by atoms with Gasteiger partial charge in [0.25, 0.3) is 0 Å². The first-order valence-corrected chi connectivity index (χ1v) is 3.54. The minimum absolute atomic E-state index is 0.502. The number of rotatable bonds is 2. The smallest absolute Gasteiger partial charge is 0.242 e. The summed E-state index contributed by atoms with van der Waals surface area (Å²) >= 11 is 0. The van der Waals surface area contributed by atoms with Crippen molar-refractivity contribution in [3.63, 3.8) is 0 Å². The first-order chi connectivity index (χ1) is 6.38. The van der Waals surface area contributed by atoms with Crippen molar-refractivity contribution in [3.05, 3.63) is 12.2 Å². The maximum Gasteiger partial charge on any atom is 0.495 e. The number of allylic oxidation sites excluding steroid dienone is 1. The topological polar surface area (TPSA) is 52.6 Å². The van der Waals surface area contributed by atoms with Gasteiger partial charge in [-0.2, -0.15) is 13.2 Å². The van der Waals surface area contributed by atoms with Crippen molar-refractivity contribution in [1.29, 1.82) is 0 Å². The molecule has 0 aromatic heterocycles. The maximum atomic E-state index is 11.5. The Labute approximate surface area is 77.2 Å². The predicted octanol–water partition coefficient (Wildman–Crippen LogP) is 1.52. The highest BCUT2D eigenvalue weighted by Gasteiger charge is 2.43. The van der Waals surface area contributed by atoms with Gasteiger partial charge in [0.2, 0.25) is 0 Å². The average molecular weight is 212 g/mol. The standard InChI is InChI=1S/C7H7F3O4/c1-2-3-4-5(11)13-14-6(12)7(8,9)10/h3-4H,2H2,1H3/b4-3+. The van der Waals surface area contributed by atoms with Gasteiger partial charge in [-0.05, 0) is 6.42 Å².